The summed E-state index contributed by atoms with van der Waals surface area (Å²) in [6, 6.07) is 15.5. The normalized spacial score (nSPS) is 14.7. The third-order valence-corrected chi connectivity index (χ3v) is 5.18. The minimum absolute atomic E-state index is 0.149. The molecule has 5 heteroatoms. The molecule has 2 aromatic rings. The SMILES string of the molecule is CN(Cc1ccc(N(C)C)cc1)C(=O)C[NH+](Cc1ccc(F)cc1)C1CC1. The van der Waals surface area contributed by atoms with Crippen LogP contribution in [0.25, 0.3) is 0 Å². The van der Waals surface area contributed by atoms with Crippen molar-refractivity contribution in [3.8, 4) is 0 Å². The van der Waals surface area contributed by atoms with E-state index < -0.39 is 0 Å². The van der Waals surface area contributed by atoms with Crippen molar-refractivity contribution in [2.75, 3.05) is 32.6 Å². The van der Waals surface area contributed by atoms with Crippen LogP contribution in [0, 0.1) is 5.82 Å². The summed E-state index contributed by atoms with van der Waals surface area (Å²) in [5.41, 5.74) is 3.35. The first-order valence-electron chi connectivity index (χ1n) is 9.51. The highest BCUT2D eigenvalue weighted by Gasteiger charge is 2.35. The van der Waals surface area contributed by atoms with Crippen LogP contribution in [0.3, 0.4) is 0 Å². The number of quaternary nitrogens is 1. The fraction of sp³-hybridized carbons (Fsp3) is 0.409. The van der Waals surface area contributed by atoms with Gasteiger partial charge in [0.15, 0.2) is 6.54 Å². The lowest BCUT2D eigenvalue weighted by Gasteiger charge is -2.23. The molecule has 2 aromatic carbocycles. The second-order valence-electron chi connectivity index (χ2n) is 7.72. The molecule has 27 heavy (non-hydrogen) atoms. The standard InChI is InChI=1S/C22H28FN3O/c1-24(2)20-10-6-17(7-11-20)14-25(3)22(27)16-26(21-12-13-21)15-18-4-8-19(23)9-5-18/h4-11,21H,12-16H2,1-3H3/p+1. The van der Waals surface area contributed by atoms with Gasteiger partial charge in [-0.05, 0) is 29.8 Å². The Kier molecular flexibility index (Phi) is 6.11. The van der Waals surface area contributed by atoms with Crippen molar-refractivity contribution in [1.82, 2.24) is 4.90 Å². The van der Waals surface area contributed by atoms with Crippen LogP contribution < -0.4 is 9.80 Å². The minimum atomic E-state index is -0.220. The number of rotatable bonds is 8. The summed E-state index contributed by atoms with van der Waals surface area (Å²) in [6.07, 6.45) is 2.33. The molecule has 0 heterocycles. The molecule has 1 saturated carbocycles. The monoisotopic (exact) mass is 370 g/mol. The Balaban J connectivity index is 1.57. The van der Waals surface area contributed by atoms with Crippen molar-refractivity contribution >= 4 is 11.6 Å². The molecule has 0 bridgehead atoms. The lowest BCUT2D eigenvalue weighted by molar-refractivity contribution is -0.917. The molecule has 0 aromatic heterocycles. The molecule has 1 atom stereocenters. The van der Waals surface area contributed by atoms with E-state index in [1.54, 1.807) is 4.90 Å². The molecule has 0 saturated heterocycles. The lowest BCUT2D eigenvalue weighted by atomic mass is 10.2. The van der Waals surface area contributed by atoms with Crippen LogP contribution in [0.4, 0.5) is 10.1 Å². The van der Waals surface area contributed by atoms with Gasteiger partial charge in [0, 0.05) is 51.8 Å². The van der Waals surface area contributed by atoms with E-state index >= 15 is 0 Å². The molecule has 4 nitrogen and oxygen atoms in total. The highest BCUT2D eigenvalue weighted by atomic mass is 19.1. The van der Waals surface area contributed by atoms with Crippen molar-refractivity contribution in [1.29, 1.82) is 0 Å². The van der Waals surface area contributed by atoms with Gasteiger partial charge in [-0.3, -0.25) is 4.79 Å². The van der Waals surface area contributed by atoms with Crippen molar-refractivity contribution in [3.63, 3.8) is 0 Å². The van der Waals surface area contributed by atoms with Gasteiger partial charge in [0.05, 0.1) is 6.04 Å². The third-order valence-electron chi connectivity index (χ3n) is 5.18. The Labute approximate surface area is 161 Å². The molecule has 0 aliphatic heterocycles. The molecular weight excluding hydrogens is 341 g/mol. The van der Waals surface area contributed by atoms with E-state index in [9.17, 15) is 9.18 Å². The van der Waals surface area contributed by atoms with Crippen LogP contribution >= 0.6 is 0 Å². The number of carbonyl (C=O) groups excluding carboxylic acids is 1. The molecule has 3 rings (SSSR count). The number of nitrogens with one attached hydrogen (secondary N) is 1. The number of carbonyl (C=O) groups is 1. The number of benzene rings is 2. The lowest BCUT2D eigenvalue weighted by Crippen LogP contribution is -3.13. The summed E-state index contributed by atoms with van der Waals surface area (Å²) in [4.78, 5) is 17.9. The molecule has 0 spiro atoms. The van der Waals surface area contributed by atoms with Crippen molar-refractivity contribution < 1.29 is 14.1 Å². The maximum Gasteiger partial charge on any atom is 0.277 e. The number of anilines is 1. The van der Waals surface area contributed by atoms with Crippen LogP contribution in [-0.4, -0.2) is 44.5 Å². The molecule has 144 valence electrons. The van der Waals surface area contributed by atoms with Gasteiger partial charge in [-0.1, -0.05) is 24.3 Å². The smallest absolute Gasteiger partial charge is 0.277 e. The Morgan fingerprint density at radius 3 is 2.15 bits per heavy atom. The van der Waals surface area contributed by atoms with E-state index in [1.165, 1.54) is 29.9 Å². The Hall–Kier alpha value is -2.40. The topological polar surface area (TPSA) is 28.0 Å². The first-order valence-corrected chi connectivity index (χ1v) is 9.51. The summed E-state index contributed by atoms with van der Waals surface area (Å²) in [5.74, 6) is -0.0708. The van der Waals surface area contributed by atoms with Crippen molar-refractivity contribution in [3.05, 3.63) is 65.5 Å². The fourth-order valence-electron chi connectivity index (χ4n) is 3.30. The van der Waals surface area contributed by atoms with E-state index in [2.05, 4.69) is 29.2 Å². The average molecular weight is 370 g/mol. The minimum Gasteiger partial charge on any atom is -0.378 e. The molecule has 0 radical (unpaired) electrons. The van der Waals surface area contributed by atoms with E-state index in [4.69, 9.17) is 0 Å². The van der Waals surface area contributed by atoms with Crippen LogP contribution in [0.2, 0.25) is 0 Å². The van der Waals surface area contributed by atoms with Crippen LogP contribution in [-0.2, 0) is 17.9 Å². The number of nitrogens with zero attached hydrogens (tertiary/aromatic N) is 2. The zero-order valence-corrected chi connectivity index (χ0v) is 16.4. The van der Waals surface area contributed by atoms with Crippen molar-refractivity contribution in [2.24, 2.45) is 0 Å². The second-order valence-corrected chi connectivity index (χ2v) is 7.72. The quantitative estimate of drug-likeness (QED) is 0.771. The third kappa shape index (κ3) is 5.54. The van der Waals surface area contributed by atoms with Crippen molar-refractivity contribution in [2.45, 2.75) is 32.0 Å². The summed E-state index contributed by atoms with van der Waals surface area (Å²) in [7, 11) is 5.90. The predicted octanol–water partition coefficient (Wildman–Crippen LogP) is 2.10. The van der Waals surface area contributed by atoms with Gasteiger partial charge in [0.25, 0.3) is 5.91 Å². The van der Waals surface area contributed by atoms with Gasteiger partial charge >= 0.3 is 0 Å². The highest BCUT2D eigenvalue weighted by molar-refractivity contribution is 5.76. The molecule has 1 unspecified atom stereocenters. The molecular formula is C22H29FN3O+. The van der Waals surface area contributed by atoms with E-state index in [1.807, 2.05) is 33.3 Å². The van der Waals surface area contributed by atoms with Crippen LogP contribution in [0.1, 0.15) is 24.0 Å². The largest absolute Gasteiger partial charge is 0.378 e. The van der Waals surface area contributed by atoms with Gasteiger partial charge in [-0.15, -0.1) is 0 Å². The summed E-state index contributed by atoms with van der Waals surface area (Å²) in [6.45, 7) is 1.86. The summed E-state index contributed by atoms with van der Waals surface area (Å²) < 4.78 is 13.1. The number of likely N-dealkylation sites (N-methyl/N-ethyl adjacent to an activating group) is 1. The van der Waals surface area contributed by atoms with Gasteiger partial charge in [0.2, 0.25) is 0 Å². The summed E-state index contributed by atoms with van der Waals surface area (Å²) >= 11 is 0. The first kappa shape index (κ1) is 19.4. The number of amides is 1. The van der Waals surface area contributed by atoms with Gasteiger partial charge in [-0.25, -0.2) is 4.39 Å². The predicted molar refractivity (Wildman–Crippen MR) is 106 cm³/mol. The number of hydrogen-bond acceptors (Lipinski definition) is 2. The van der Waals surface area contributed by atoms with Gasteiger partial charge in [-0.2, -0.15) is 0 Å². The van der Waals surface area contributed by atoms with Gasteiger partial charge in [0.1, 0.15) is 12.4 Å². The van der Waals surface area contributed by atoms with Crippen LogP contribution in [0.5, 0.6) is 0 Å². The summed E-state index contributed by atoms with van der Waals surface area (Å²) in [5, 5.41) is 0. The zero-order chi connectivity index (χ0) is 19.4. The molecule has 1 N–H and O–H groups in total. The number of halogens is 1. The first-order chi connectivity index (χ1) is 12.9. The van der Waals surface area contributed by atoms with E-state index in [-0.39, 0.29) is 11.7 Å². The maximum absolute atomic E-state index is 13.1. The van der Waals surface area contributed by atoms with E-state index in [0.29, 0.717) is 19.1 Å². The average Bonchev–Trinajstić information content (AvgIpc) is 3.48. The Morgan fingerprint density at radius 1 is 1.00 bits per heavy atom. The molecule has 1 fully saturated rings. The zero-order valence-electron chi connectivity index (χ0n) is 16.4. The molecule has 1 aliphatic carbocycles. The fourth-order valence-corrected chi connectivity index (χ4v) is 3.30. The second kappa shape index (κ2) is 8.53. The van der Waals surface area contributed by atoms with Gasteiger partial charge < -0.3 is 14.7 Å². The molecule has 1 amide bonds. The Bertz CT molecular complexity index is 754. The Morgan fingerprint density at radius 2 is 1.59 bits per heavy atom. The van der Waals surface area contributed by atoms with E-state index in [0.717, 1.165) is 23.4 Å². The number of hydrogen-bond donors (Lipinski definition) is 1. The molecule has 1 aliphatic rings. The van der Waals surface area contributed by atoms with Crippen LogP contribution in [0.15, 0.2) is 48.5 Å². The maximum atomic E-state index is 13.1. The highest BCUT2D eigenvalue weighted by Crippen LogP contribution is 2.16.